The molecule has 0 aliphatic heterocycles. The van der Waals surface area contributed by atoms with Crippen LogP contribution in [0.15, 0.2) is 47.3 Å². The lowest BCUT2D eigenvalue weighted by Crippen LogP contribution is -2.35. The Labute approximate surface area is 166 Å². The number of nitrogens with zero attached hydrogens (tertiary/aromatic N) is 3. The predicted octanol–water partition coefficient (Wildman–Crippen LogP) is 2.43. The summed E-state index contributed by atoms with van der Waals surface area (Å²) in [5.74, 6) is -0.248. The number of hydrogen-bond donors (Lipinski definition) is 1. The van der Waals surface area contributed by atoms with E-state index in [2.05, 4.69) is 9.97 Å². The lowest BCUT2D eigenvalue weighted by molar-refractivity contribution is -0.385. The maximum atomic E-state index is 13.1. The topological polar surface area (TPSA) is 118 Å². The summed E-state index contributed by atoms with van der Waals surface area (Å²) in [7, 11) is 1.49. The standard InChI is InChI=1S/C20H20N4O5/c1-13-6-5-8-15(18(13)24(27)28)20(26)23(10-11-29-2)12-17-21-16-9-4-3-7-14(16)19(25)22-17/h3-9H,10-12H2,1-2H3,(H,21,22,25). The summed E-state index contributed by atoms with van der Waals surface area (Å²) < 4.78 is 5.07. The van der Waals surface area contributed by atoms with E-state index in [9.17, 15) is 19.7 Å². The minimum Gasteiger partial charge on any atom is -0.383 e. The molecule has 9 nitrogen and oxygen atoms in total. The first-order valence-corrected chi connectivity index (χ1v) is 8.92. The van der Waals surface area contributed by atoms with Gasteiger partial charge in [-0.15, -0.1) is 0 Å². The quantitative estimate of drug-likeness (QED) is 0.484. The van der Waals surface area contributed by atoms with Crippen LogP contribution in [0.3, 0.4) is 0 Å². The highest BCUT2D eigenvalue weighted by Crippen LogP contribution is 2.25. The number of fused-ring (bicyclic) bond motifs is 1. The average Bonchev–Trinajstić information content (AvgIpc) is 2.70. The summed E-state index contributed by atoms with van der Waals surface area (Å²) in [6.45, 7) is 1.96. The van der Waals surface area contributed by atoms with Crippen LogP contribution < -0.4 is 5.56 Å². The highest BCUT2D eigenvalue weighted by atomic mass is 16.6. The van der Waals surface area contributed by atoms with E-state index in [0.717, 1.165) is 0 Å². The number of ether oxygens (including phenoxy) is 1. The fourth-order valence-electron chi connectivity index (χ4n) is 3.09. The van der Waals surface area contributed by atoms with Gasteiger partial charge in [-0.3, -0.25) is 19.7 Å². The van der Waals surface area contributed by atoms with Crippen molar-refractivity contribution in [2.75, 3.05) is 20.3 Å². The van der Waals surface area contributed by atoms with Gasteiger partial charge in [0, 0.05) is 19.2 Å². The largest absolute Gasteiger partial charge is 0.383 e. The molecule has 0 saturated heterocycles. The number of nitrogens with one attached hydrogen (secondary N) is 1. The Kier molecular flexibility index (Phi) is 5.99. The minimum atomic E-state index is -0.562. The van der Waals surface area contributed by atoms with E-state index in [1.165, 1.54) is 18.1 Å². The molecule has 2 aromatic carbocycles. The second kappa shape index (κ2) is 8.61. The van der Waals surface area contributed by atoms with Crippen molar-refractivity contribution in [2.45, 2.75) is 13.5 Å². The van der Waals surface area contributed by atoms with Crippen LogP contribution in [0.25, 0.3) is 10.9 Å². The van der Waals surface area contributed by atoms with Crippen molar-refractivity contribution >= 4 is 22.5 Å². The Morgan fingerprint density at radius 1 is 1.24 bits per heavy atom. The summed E-state index contributed by atoms with van der Waals surface area (Å²) in [4.78, 5) is 44.8. The van der Waals surface area contributed by atoms with Crippen molar-refractivity contribution in [3.8, 4) is 0 Å². The van der Waals surface area contributed by atoms with Gasteiger partial charge in [0.2, 0.25) is 0 Å². The summed E-state index contributed by atoms with van der Waals surface area (Å²) >= 11 is 0. The van der Waals surface area contributed by atoms with Crippen molar-refractivity contribution in [3.05, 3.63) is 79.9 Å². The van der Waals surface area contributed by atoms with Crippen LogP contribution in [-0.4, -0.2) is 46.0 Å². The molecule has 3 aromatic rings. The number of methoxy groups -OCH3 is 1. The number of amides is 1. The molecule has 1 heterocycles. The lowest BCUT2D eigenvalue weighted by Gasteiger charge is -2.22. The molecule has 0 atom stereocenters. The molecular weight excluding hydrogens is 376 g/mol. The number of hydrogen-bond acceptors (Lipinski definition) is 6. The summed E-state index contributed by atoms with van der Waals surface area (Å²) in [5.41, 5.74) is 0.331. The van der Waals surface area contributed by atoms with Crippen LogP contribution in [-0.2, 0) is 11.3 Å². The number of aryl methyl sites for hydroxylation is 1. The van der Waals surface area contributed by atoms with Gasteiger partial charge in [0.1, 0.15) is 11.4 Å². The van der Waals surface area contributed by atoms with E-state index in [4.69, 9.17) is 4.74 Å². The van der Waals surface area contributed by atoms with Gasteiger partial charge >= 0.3 is 0 Å². The average molecular weight is 396 g/mol. The molecule has 1 N–H and O–H groups in total. The van der Waals surface area contributed by atoms with Gasteiger partial charge in [-0.25, -0.2) is 4.98 Å². The number of carbonyl (C=O) groups is 1. The Balaban J connectivity index is 1.99. The molecule has 9 heteroatoms. The summed E-state index contributed by atoms with van der Waals surface area (Å²) in [5, 5.41) is 11.9. The normalized spacial score (nSPS) is 10.8. The zero-order chi connectivity index (χ0) is 21.0. The number of aromatic nitrogens is 2. The van der Waals surface area contributed by atoms with Gasteiger partial charge in [0.05, 0.1) is 29.0 Å². The molecule has 29 heavy (non-hydrogen) atoms. The number of nitro benzene ring substituents is 1. The predicted molar refractivity (Wildman–Crippen MR) is 107 cm³/mol. The number of aromatic amines is 1. The molecule has 0 aliphatic rings. The second-order valence-electron chi connectivity index (χ2n) is 6.48. The third-order valence-electron chi connectivity index (χ3n) is 4.51. The summed E-state index contributed by atoms with van der Waals surface area (Å²) in [6.07, 6.45) is 0. The van der Waals surface area contributed by atoms with Gasteiger partial charge in [-0.1, -0.05) is 24.3 Å². The summed E-state index contributed by atoms with van der Waals surface area (Å²) in [6, 6.07) is 11.5. The van der Waals surface area contributed by atoms with Gasteiger partial charge in [0.15, 0.2) is 0 Å². The van der Waals surface area contributed by atoms with Crippen molar-refractivity contribution in [1.29, 1.82) is 0 Å². The molecule has 1 amide bonds. The van der Waals surface area contributed by atoms with E-state index in [-0.39, 0.29) is 42.3 Å². The Hall–Kier alpha value is -3.59. The molecule has 1 aromatic heterocycles. The highest BCUT2D eigenvalue weighted by molar-refractivity contribution is 5.98. The monoisotopic (exact) mass is 396 g/mol. The maximum absolute atomic E-state index is 13.1. The number of rotatable bonds is 7. The molecule has 0 unspecified atom stereocenters. The highest BCUT2D eigenvalue weighted by Gasteiger charge is 2.27. The number of benzene rings is 2. The third kappa shape index (κ3) is 4.30. The molecular formula is C20H20N4O5. The zero-order valence-corrected chi connectivity index (χ0v) is 16.0. The van der Waals surface area contributed by atoms with Gasteiger partial charge < -0.3 is 14.6 Å². The molecule has 0 aliphatic carbocycles. The van der Waals surface area contributed by atoms with Crippen molar-refractivity contribution in [2.24, 2.45) is 0 Å². The molecule has 0 bridgehead atoms. The third-order valence-corrected chi connectivity index (χ3v) is 4.51. The SMILES string of the molecule is COCCN(Cc1nc2ccccc2c(=O)[nH]1)C(=O)c1cccc(C)c1[N+](=O)[O-]. The van der Waals surface area contributed by atoms with Crippen LogP contribution in [0.1, 0.15) is 21.7 Å². The molecule has 0 fully saturated rings. The first kappa shape index (κ1) is 20.2. The first-order chi connectivity index (χ1) is 13.9. The van der Waals surface area contributed by atoms with Crippen LogP contribution in [0, 0.1) is 17.0 Å². The smallest absolute Gasteiger partial charge is 0.285 e. The first-order valence-electron chi connectivity index (χ1n) is 8.92. The van der Waals surface area contributed by atoms with E-state index in [1.54, 1.807) is 43.3 Å². The van der Waals surface area contributed by atoms with Gasteiger partial charge in [-0.05, 0) is 25.1 Å². The fraction of sp³-hybridized carbons (Fsp3) is 0.250. The van der Waals surface area contributed by atoms with Crippen LogP contribution in [0.5, 0.6) is 0 Å². The van der Waals surface area contributed by atoms with Crippen molar-refractivity contribution in [1.82, 2.24) is 14.9 Å². The number of H-pyrrole nitrogens is 1. The van der Waals surface area contributed by atoms with E-state index >= 15 is 0 Å². The van der Waals surface area contributed by atoms with Crippen LogP contribution >= 0.6 is 0 Å². The Bertz CT molecular complexity index is 1130. The molecule has 3 rings (SSSR count). The van der Waals surface area contributed by atoms with Gasteiger partial charge in [-0.2, -0.15) is 0 Å². The molecule has 0 radical (unpaired) electrons. The van der Waals surface area contributed by atoms with Crippen LogP contribution in [0.2, 0.25) is 0 Å². The van der Waals surface area contributed by atoms with E-state index in [1.807, 2.05) is 0 Å². The molecule has 0 spiro atoms. The second-order valence-corrected chi connectivity index (χ2v) is 6.48. The molecule has 150 valence electrons. The van der Waals surface area contributed by atoms with E-state index in [0.29, 0.717) is 16.5 Å². The van der Waals surface area contributed by atoms with Crippen molar-refractivity contribution in [3.63, 3.8) is 0 Å². The van der Waals surface area contributed by atoms with Gasteiger partial charge in [0.25, 0.3) is 17.2 Å². The fourth-order valence-corrected chi connectivity index (χ4v) is 3.09. The van der Waals surface area contributed by atoms with Crippen molar-refractivity contribution < 1.29 is 14.5 Å². The maximum Gasteiger partial charge on any atom is 0.285 e. The number of nitro groups is 1. The zero-order valence-electron chi connectivity index (χ0n) is 16.0. The van der Waals surface area contributed by atoms with Crippen LogP contribution in [0.4, 0.5) is 5.69 Å². The molecule has 0 saturated carbocycles. The minimum absolute atomic E-state index is 0.0192. The number of carbonyl (C=O) groups excluding carboxylic acids is 1. The Morgan fingerprint density at radius 3 is 2.72 bits per heavy atom. The van der Waals surface area contributed by atoms with E-state index < -0.39 is 10.8 Å². The Morgan fingerprint density at radius 2 is 2.00 bits per heavy atom. The number of para-hydroxylation sites is 2. The lowest BCUT2D eigenvalue weighted by atomic mass is 10.1.